The van der Waals surface area contributed by atoms with Crippen LogP contribution in [0.25, 0.3) is 0 Å². The monoisotopic (exact) mass is 199 g/mol. The lowest BCUT2D eigenvalue weighted by Crippen LogP contribution is -2.35. The van der Waals surface area contributed by atoms with Gasteiger partial charge in [-0.15, -0.1) is 0 Å². The Morgan fingerprint density at radius 1 is 1.36 bits per heavy atom. The Morgan fingerprint density at radius 3 is 2.21 bits per heavy atom. The van der Waals surface area contributed by atoms with Gasteiger partial charge in [-0.1, -0.05) is 13.8 Å². The van der Waals surface area contributed by atoms with E-state index in [1.54, 1.807) is 0 Å². The fraction of sp³-hybridized carbons (Fsp3) is 0.909. The first-order valence-corrected chi connectivity index (χ1v) is 5.47. The van der Waals surface area contributed by atoms with Crippen molar-refractivity contribution >= 4 is 5.97 Å². The van der Waals surface area contributed by atoms with Gasteiger partial charge in [0.25, 0.3) is 0 Å². The van der Waals surface area contributed by atoms with E-state index in [2.05, 4.69) is 13.8 Å². The van der Waals surface area contributed by atoms with Crippen molar-refractivity contribution in [1.82, 2.24) is 0 Å². The maximum atomic E-state index is 11.0. The second-order valence-electron chi connectivity index (χ2n) is 4.86. The molecule has 0 aromatic rings. The quantitative estimate of drug-likeness (QED) is 0.727. The Labute approximate surface area is 85.7 Å². The van der Waals surface area contributed by atoms with Crippen LogP contribution in [-0.4, -0.2) is 17.6 Å². The van der Waals surface area contributed by atoms with Crippen LogP contribution in [0.4, 0.5) is 0 Å². The smallest absolute Gasteiger partial charge is 0.308 e. The fourth-order valence-corrected chi connectivity index (χ4v) is 2.83. The van der Waals surface area contributed by atoms with Gasteiger partial charge in [-0.3, -0.25) is 4.79 Å². The molecule has 0 saturated heterocycles. The molecule has 0 spiro atoms. The van der Waals surface area contributed by atoms with Crippen molar-refractivity contribution in [2.24, 2.45) is 29.4 Å². The molecular formula is C11H21NO2. The van der Waals surface area contributed by atoms with Crippen molar-refractivity contribution in [3.05, 3.63) is 0 Å². The standard InChI is InChI=1S/C11H21NO2/c1-7-3-8(2)5-9(4-7)10(6-12)11(13)14/h7-10H,3-6,12H2,1-2H3,(H,13,14). The van der Waals surface area contributed by atoms with E-state index in [4.69, 9.17) is 10.8 Å². The second kappa shape index (κ2) is 4.78. The zero-order chi connectivity index (χ0) is 10.7. The van der Waals surface area contributed by atoms with Crippen LogP contribution in [0.5, 0.6) is 0 Å². The first-order valence-electron chi connectivity index (χ1n) is 5.47. The Hall–Kier alpha value is -0.570. The zero-order valence-electron chi connectivity index (χ0n) is 9.07. The van der Waals surface area contributed by atoms with Crippen LogP contribution in [-0.2, 0) is 4.79 Å². The number of rotatable bonds is 3. The summed E-state index contributed by atoms with van der Waals surface area (Å²) in [6.45, 7) is 4.69. The molecule has 3 unspecified atom stereocenters. The topological polar surface area (TPSA) is 63.3 Å². The molecule has 82 valence electrons. The Balaban J connectivity index is 2.61. The number of carboxylic acids is 1. The van der Waals surface area contributed by atoms with Gasteiger partial charge in [0.1, 0.15) is 0 Å². The molecule has 1 saturated carbocycles. The maximum absolute atomic E-state index is 11.0. The lowest BCUT2D eigenvalue weighted by Gasteiger charge is -2.34. The van der Waals surface area contributed by atoms with Gasteiger partial charge in [0.2, 0.25) is 0 Å². The van der Waals surface area contributed by atoms with E-state index in [0.717, 1.165) is 12.8 Å². The fourth-order valence-electron chi connectivity index (χ4n) is 2.83. The highest BCUT2D eigenvalue weighted by atomic mass is 16.4. The van der Waals surface area contributed by atoms with Gasteiger partial charge in [0, 0.05) is 6.54 Å². The van der Waals surface area contributed by atoms with Crippen LogP contribution in [0.15, 0.2) is 0 Å². The molecule has 14 heavy (non-hydrogen) atoms. The van der Waals surface area contributed by atoms with Gasteiger partial charge < -0.3 is 10.8 Å². The van der Waals surface area contributed by atoms with E-state index in [9.17, 15) is 4.79 Å². The summed E-state index contributed by atoms with van der Waals surface area (Å²) in [6.07, 6.45) is 3.28. The molecule has 0 radical (unpaired) electrons. The van der Waals surface area contributed by atoms with E-state index < -0.39 is 5.97 Å². The van der Waals surface area contributed by atoms with Crippen molar-refractivity contribution in [2.75, 3.05) is 6.54 Å². The molecule has 0 heterocycles. The molecule has 1 fully saturated rings. The van der Waals surface area contributed by atoms with Crippen LogP contribution < -0.4 is 5.73 Å². The molecule has 3 atom stereocenters. The van der Waals surface area contributed by atoms with Crippen molar-refractivity contribution in [3.63, 3.8) is 0 Å². The highest BCUT2D eigenvalue weighted by Gasteiger charge is 2.32. The first-order chi connectivity index (χ1) is 6.54. The number of carbonyl (C=O) groups is 1. The Morgan fingerprint density at radius 2 is 1.86 bits per heavy atom. The third-order valence-electron chi connectivity index (χ3n) is 3.36. The van der Waals surface area contributed by atoms with E-state index in [0.29, 0.717) is 11.8 Å². The minimum Gasteiger partial charge on any atom is -0.481 e. The summed E-state index contributed by atoms with van der Waals surface area (Å²) < 4.78 is 0. The van der Waals surface area contributed by atoms with Crippen molar-refractivity contribution < 1.29 is 9.90 Å². The molecule has 3 heteroatoms. The summed E-state index contributed by atoms with van der Waals surface area (Å²) >= 11 is 0. The second-order valence-corrected chi connectivity index (χ2v) is 4.86. The highest BCUT2D eigenvalue weighted by molar-refractivity contribution is 5.70. The Bertz CT molecular complexity index is 195. The van der Waals surface area contributed by atoms with Crippen molar-refractivity contribution in [2.45, 2.75) is 33.1 Å². The summed E-state index contributed by atoms with van der Waals surface area (Å²) in [5.41, 5.74) is 5.51. The average Bonchev–Trinajstić information content (AvgIpc) is 2.02. The molecule has 0 amide bonds. The maximum Gasteiger partial charge on any atom is 0.308 e. The van der Waals surface area contributed by atoms with Crippen LogP contribution >= 0.6 is 0 Å². The molecular weight excluding hydrogens is 178 g/mol. The van der Waals surface area contributed by atoms with Gasteiger partial charge in [0.15, 0.2) is 0 Å². The molecule has 0 aromatic carbocycles. The zero-order valence-corrected chi connectivity index (χ0v) is 9.07. The summed E-state index contributed by atoms with van der Waals surface area (Å²) in [4.78, 5) is 11.0. The molecule has 1 aliphatic carbocycles. The third kappa shape index (κ3) is 2.71. The summed E-state index contributed by atoms with van der Waals surface area (Å²) in [6, 6.07) is 0. The molecule has 3 N–H and O–H groups in total. The lowest BCUT2D eigenvalue weighted by atomic mass is 9.71. The minimum absolute atomic E-state index is 0.277. The van der Waals surface area contributed by atoms with E-state index in [1.165, 1.54) is 6.42 Å². The molecule has 1 rings (SSSR count). The van der Waals surface area contributed by atoms with E-state index in [1.807, 2.05) is 0 Å². The predicted molar refractivity (Wildman–Crippen MR) is 55.8 cm³/mol. The van der Waals surface area contributed by atoms with E-state index >= 15 is 0 Å². The van der Waals surface area contributed by atoms with E-state index in [-0.39, 0.29) is 18.4 Å². The van der Waals surface area contributed by atoms with Crippen LogP contribution in [0.3, 0.4) is 0 Å². The third-order valence-corrected chi connectivity index (χ3v) is 3.36. The SMILES string of the molecule is CC1CC(C)CC(C(CN)C(=O)O)C1. The first kappa shape index (κ1) is 11.5. The van der Waals surface area contributed by atoms with Crippen LogP contribution in [0.1, 0.15) is 33.1 Å². The summed E-state index contributed by atoms with van der Waals surface area (Å²) in [5.74, 6) is 0.532. The van der Waals surface area contributed by atoms with Gasteiger partial charge in [-0.25, -0.2) is 0 Å². The number of aliphatic carboxylic acids is 1. The van der Waals surface area contributed by atoms with Gasteiger partial charge in [0.05, 0.1) is 5.92 Å². The van der Waals surface area contributed by atoms with Crippen molar-refractivity contribution in [3.8, 4) is 0 Å². The van der Waals surface area contributed by atoms with Crippen molar-refractivity contribution in [1.29, 1.82) is 0 Å². The number of hydrogen-bond acceptors (Lipinski definition) is 2. The van der Waals surface area contributed by atoms with Crippen LogP contribution in [0, 0.1) is 23.7 Å². The molecule has 1 aliphatic rings. The average molecular weight is 199 g/mol. The molecule has 0 aromatic heterocycles. The summed E-state index contributed by atoms with van der Waals surface area (Å²) in [7, 11) is 0. The van der Waals surface area contributed by atoms with Gasteiger partial charge >= 0.3 is 5.97 Å². The lowest BCUT2D eigenvalue weighted by molar-refractivity contribution is -0.144. The molecule has 0 aliphatic heterocycles. The number of carboxylic acid groups (broad SMARTS) is 1. The summed E-state index contributed by atoms with van der Waals surface area (Å²) in [5, 5.41) is 9.02. The normalized spacial score (nSPS) is 35.2. The molecule has 0 bridgehead atoms. The molecule has 3 nitrogen and oxygen atoms in total. The predicted octanol–water partition coefficient (Wildman–Crippen LogP) is 1.72. The number of nitrogens with two attached hydrogens (primary N) is 1. The van der Waals surface area contributed by atoms with Gasteiger partial charge in [-0.2, -0.15) is 0 Å². The number of hydrogen-bond donors (Lipinski definition) is 2. The largest absolute Gasteiger partial charge is 0.481 e. The minimum atomic E-state index is -0.723. The van der Waals surface area contributed by atoms with Crippen LogP contribution in [0.2, 0.25) is 0 Å². The Kier molecular flexibility index (Phi) is 3.93. The van der Waals surface area contributed by atoms with Gasteiger partial charge in [-0.05, 0) is 37.0 Å². The highest BCUT2D eigenvalue weighted by Crippen LogP contribution is 2.36.